The molecule has 2 amide bonds. The molecule has 2 fully saturated rings. The van der Waals surface area contributed by atoms with E-state index in [1.165, 1.54) is 0 Å². The molecule has 3 atom stereocenters. The Hall–Kier alpha value is -1.10. The van der Waals surface area contributed by atoms with Crippen LogP contribution in [0.1, 0.15) is 20.3 Å². The SMILES string of the molecule is CC1CC(C(=O)N2CCNC(=O)C2C)CO1. The zero-order valence-electron chi connectivity index (χ0n) is 9.73. The molecule has 0 radical (unpaired) electrons. The van der Waals surface area contributed by atoms with Gasteiger partial charge in [0.2, 0.25) is 11.8 Å². The Morgan fingerprint density at radius 1 is 1.50 bits per heavy atom. The summed E-state index contributed by atoms with van der Waals surface area (Å²) in [4.78, 5) is 25.3. The summed E-state index contributed by atoms with van der Waals surface area (Å²) in [6.45, 7) is 5.39. The highest BCUT2D eigenvalue weighted by molar-refractivity contribution is 5.89. The lowest BCUT2D eigenvalue weighted by Crippen LogP contribution is -2.57. The largest absolute Gasteiger partial charge is 0.378 e. The first-order chi connectivity index (χ1) is 7.59. The van der Waals surface area contributed by atoms with E-state index in [0.717, 1.165) is 6.42 Å². The third-order valence-electron chi connectivity index (χ3n) is 3.33. The summed E-state index contributed by atoms with van der Waals surface area (Å²) >= 11 is 0. The van der Waals surface area contributed by atoms with E-state index in [-0.39, 0.29) is 29.9 Å². The first kappa shape index (κ1) is 11.4. The molecule has 2 aliphatic rings. The molecule has 2 saturated heterocycles. The summed E-state index contributed by atoms with van der Waals surface area (Å²) in [5.41, 5.74) is 0. The van der Waals surface area contributed by atoms with Crippen molar-refractivity contribution in [3.8, 4) is 0 Å². The molecule has 0 aromatic rings. The Morgan fingerprint density at radius 2 is 2.25 bits per heavy atom. The van der Waals surface area contributed by atoms with E-state index in [0.29, 0.717) is 19.7 Å². The van der Waals surface area contributed by atoms with E-state index < -0.39 is 0 Å². The zero-order chi connectivity index (χ0) is 11.7. The number of amides is 2. The molecule has 0 aromatic carbocycles. The van der Waals surface area contributed by atoms with E-state index in [1.807, 2.05) is 6.92 Å². The van der Waals surface area contributed by atoms with Crippen LogP contribution in [0.3, 0.4) is 0 Å². The number of ether oxygens (including phenoxy) is 1. The van der Waals surface area contributed by atoms with Gasteiger partial charge in [-0.3, -0.25) is 9.59 Å². The van der Waals surface area contributed by atoms with Gasteiger partial charge in [0.15, 0.2) is 0 Å². The van der Waals surface area contributed by atoms with Gasteiger partial charge >= 0.3 is 0 Å². The van der Waals surface area contributed by atoms with Crippen molar-refractivity contribution in [3.05, 3.63) is 0 Å². The minimum absolute atomic E-state index is 0.0618. The second-order valence-corrected chi connectivity index (χ2v) is 4.58. The van der Waals surface area contributed by atoms with Crippen molar-refractivity contribution in [2.45, 2.75) is 32.4 Å². The maximum absolute atomic E-state index is 12.2. The predicted octanol–water partition coefficient (Wildman–Crippen LogP) is -0.242. The van der Waals surface area contributed by atoms with Crippen LogP contribution in [0.2, 0.25) is 0 Å². The van der Waals surface area contributed by atoms with Gasteiger partial charge in [0, 0.05) is 13.1 Å². The minimum atomic E-state index is -0.350. The third kappa shape index (κ3) is 2.04. The lowest BCUT2D eigenvalue weighted by atomic mass is 10.0. The summed E-state index contributed by atoms with van der Waals surface area (Å²) in [7, 11) is 0. The van der Waals surface area contributed by atoms with Crippen LogP contribution in [-0.4, -0.2) is 48.6 Å². The maximum atomic E-state index is 12.2. The summed E-state index contributed by atoms with van der Waals surface area (Å²) in [5.74, 6) is -0.0680. The van der Waals surface area contributed by atoms with E-state index in [2.05, 4.69) is 5.32 Å². The van der Waals surface area contributed by atoms with Crippen LogP contribution in [0.15, 0.2) is 0 Å². The normalized spacial score (nSPS) is 35.0. The molecule has 90 valence electrons. The molecule has 16 heavy (non-hydrogen) atoms. The minimum Gasteiger partial charge on any atom is -0.378 e. The highest BCUT2D eigenvalue weighted by Gasteiger charge is 2.36. The molecule has 0 saturated carbocycles. The van der Waals surface area contributed by atoms with Crippen LogP contribution >= 0.6 is 0 Å². The van der Waals surface area contributed by atoms with Crippen molar-refractivity contribution in [1.82, 2.24) is 10.2 Å². The van der Waals surface area contributed by atoms with E-state index in [9.17, 15) is 9.59 Å². The van der Waals surface area contributed by atoms with Gasteiger partial charge in [-0.25, -0.2) is 0 Å². The maximum Gasteiger partial charge on any atom is 0.242 e. The van der Waals surface area contributed by atoms with Crippen LogP contribution in [0.5, 0.6) is 0 Å². The number of rotatable bonds is 1. The van der Waals surface area contributed by atoms with Crippen molar-refractivity contribution in [2.75, 3.05) is 19.7 Å². The fraction of sp³-hybridized carbons (Fsp3) is 0.818. The fourth-order valence-corrected chi connectivity index (χ4v) is 2.31. The summed E-state index contributed by atoms with van der Waals surface area (Å²) < 4.78 is 5.39. The van der Waals surface area contributed by atoms with Gasteiger partial charge in [0.1, 0.15) is 6.04 Å². The molecule has 0 aliphatic carbocycles. The number of hydrogen-bond donors (Lipinski definition) is 1. The summed E-state index contributed by atoms with van der Waals surface area (Å²) in [6.07, 6.45) is 0.923. The Labute approximate surface area is 95.1 Å². The molecular weight excluding hydrogens is 208 g/mol. The topological polar surface area (TPSA) is 58.6 Å². The molecule has 5 nitrogen and oxygen atoms in total. The molecule has 0 bridgehead atoms. The van der Waals surface area contributed by atoms with Crippen molar-refractivity contribution in [3.63, 3.8) is 0 Å². The van der Waals surface area contributed by atoms with Crippen LogP contribution in [0.25, 0.3) is 0 Å². The second kappa shape index (κ2) is 4.41. The van der Waals surface area contributed by atoms with Crippen LogP contribution < -0.4 is 5.32 Å². The van der Waals surface area contributed by atoms with Crippen LogP contribution in [0.4, 0.5) is 0 Å². The monoisotopic (exact) mass is 226 g/mol. The second-order valence-electron chi connectivity index (χ2n) is 4.58. The molecular formula is C11H18N2O3. The van der Waals surface area contributed by atoms with Gasteiger partial charge in [0.25, 0.3) is 0 Å². The Morgan fingerprint density at radius 3 is 2.88 bits per heavy atom. The number of nitrogens with one attached hydrogen (secondary N) is 1. The lowest BCUT2D eigenvalue weighted by Gasteiger charge is -2.34. The fourth-order valence-electron chi connectivity index (χ4n) is 2.31. The average molecular weight is 226 g/mol. The molecule has 2 rings (SSSR count). The smallest absolute Gasteiger partial charge is 0.242 e. The van der Waals surface area contributed by atoms with E-state index >= 15 is 0 Å². The summed E-state index contributed by atoms with van der Waals surface area (Å²) in [6, 6.07) is -0.350. The highest BCUT2D eigenvalue weighted by Crippen LogP contribution is 2.22. The molecule has 2 heterocycles. The summed E-state index contributed by atoms with van der Waals surface area (Å²) in [5, 5.41) is 2.75. The molecule has 2 aliphatic heterocycles. The van der Waals surface area contributed by atoms with Crippen LogP contribution in [0, 0.1) is 5.92 Å². The highest BCUT2D eigenvalue weighted by atomic mass is 16.5. The molecule has 1 N–H and O–H groups in total. The quantitative estimate of drug-likeness (QED) is 0.671. The Kier molecular flexibility index (Phi) is 3.14. The zero-order valence-corrected chi connectivity index (χ0v) is 9.73. The Balaban J connectivity index is 2.01. The first-order valence-electron chi connectivity index (χ1n) is 5.79. The number of carbonyl (C=O) groups excluding carboxylic acids is 2. The number of piperazine rings is 1. The number of hydrogen-bond acceptors (Lipinski definition) is 3. The number of carbonyl (C=O) groups is 2. The third-order valence-corrected chi connectivity index (χ3v) is 3.33. The van der Waals surface area contributed by atoms with Gasteiger partial charge in [-0.05, 0) is 20.3 Å². The van der Waals surface area contributed by atoms with Gasteiger partial charge in [-0.1, -0.05) is 0 Å². The lowest BCUT2D eigenvalue weighted by molar-refractivity contribution is -0.145. The molecule has 0 aromatic heterocycles. The van der Waals surface area contributed by atoms with E-state index in [1.54, 1.807) is 11.8 Å². The molecule has 0 spiro atoms. The van der Waals surface area contributed by atoms with E-state index in [4.69, 9.17) is 4.74 Å². The average Bonchev–Trinajstić information content (AvgIpc) is 2.68. The molecule has 3 unspecified atom stereocenters. The predicted molar refractivity (Wildman–Crippen MR) is 57.7 cm³/mol. The standard InChI is InChI=1S/C11H18N2O3/c1-7-5-9(6-16-7)11(15)13-4-3-12-10(14)8(13)2/h7-9H,3-6H2,1-2H3,(H,12,14). The van der Waals surface area contributed by atoms with Gasteiger partial charge in [-0.15, -0.1) is 0 Å². The number of nitrogens with zero attached hydrogens (tertiary/aromatic N) is 1. The van der Waals surface area contributed by atoms with Crippen LogP contribution in [-0.2, 0) is 14.3 Å². The van der Waals surface area contributed by atoms with Gasteiger partial charge in [-0.2, -0.15) is 0 Å². The van der Waals surface area contributed by atoms with Crippen molar-refractivity contribution < 1.29 is 14.3 Å². The van der Waals surface area contributed by atoms with Crippen molar-refractivity contribution in [1.29, 1.82) is 0 Å². The molecule has 5 heteroatoms. The van der Waals surface area contributed by atoms with Gasteiger partial charge < -0.3 is 15.0 Å². The van der Waals surface area contributed by atoms with Gasteiger partial charge in [0.05, 0.1) is 18.6 Å². The first-order valence-corrected chi connectivity index (χ1v) is 5.79. The van der Waals surface area contributed by atoms with Crippen molar-refractivity contribution >= 4 is 11.8 Å². The van der Waals surface area contributed by atoms with Crippen molar-refractivity contribution in [2.24, 2.45) is 5.92 Å². The Bertz CT molecular complexity index is 306.